The molecular formula is C23H18O3. The fraction of sp³-hybridized carbons (Fsp3) is 0.0435. The zero-order valence-corrected chi connectivity index (χ0v) is 14.4. The molecule has 0 saturated heterocycles. The van der Waals surface area contributed by atoms with Crippen LogP contribution in [0, 0.1) is 6.92 Å². The Balaban J connectivity index is 1.63. The standard InChI is InChI=1S/C23H18O3/c1-17-7-12-19(13-8-17)22(24)16-11-18-9-14-21(15-10-18)26-23(25)20-5-3-2-4-6-20/h2-16H,1H3. The van der Waals surface area contributed by atoms with Gasteiger partial charge in [0.25, 0.3) is 0 Å². The monoisotopic (exact) mass is 342 g/mol. The number of benzene rings is 3. The van der Waals surface area contributed by atoms with Gasteiger partial charge in [-0.15, -0.1) is 0 Å². The van der Waals surface area contributed by atoms with Crippen molar-refractivity contribution < 1.29 is 14.3 Å². The van der Waals surface area contributed by atoms with E-state index in [0.29, 0.717) is 16.9 Å². The second-order valence-corrected chi connectivity index (χ2v) is 5.89. The number of carbonyl (C=O) groups is 2. The van der Waals surface area contributed by atoms with Gasteiger partial charge in [0, 0.05) is 5.56 Å². The van der Waals surface area contributed by atoms with Crippen LogP contribution in [0.2, 0.25) is 0 Å². The van der Waals surface area contributed by atoms with Crippen molar-refractivity contribution in [1.82, 2.24) is 0 Å². The summed E-state index contributed by atoms with van der Waals surface area (Å²) >= 11 is 0. The lowest BCUT2D eigenvalue weighted by atomic mass is 10.1. The molecule has 0 aliphatic rings. The second-order valence-electron chi connectivity index (χ2n) is 5.89. The predicted molar refractivity (Wildman–Crippen MR) is 102 cm³/mol. The summed E-state index contributed by atoms with van der Waals surface area (Å²) in [6.07, 6.45) is 3.28. The maximum atomic E-state index is 12.1. The van der Waals surface area contributed by atoms with Crippen LogP contribution < -0.4 is 4.74 Å². The molecule has 3 aromatic carbocycles. The number of ether oxygens (including phenoxy) is 1. The Bertz CT molecular complexity index is 921. The first-order valence-electron chi connectivity index (χ1n) is 8.28. The van der Waals surface area contributed by atoms with Crippen molar-refractivity contribution >= 4 is 17.8 Å². The van der Waals surface area contributed by atoms with Crippen LogP contribution in [0.4, 0.5) is 0 Å². The lowest BCUT2D eigenvalue weighted by molar-refractivity contribution is 0.0734. The molecule has 3 aromatic rings. The van der Waals surface area contributed by atoms with Crippen LogP contribution in [0.5, 0.6) is 5.75 Å². The molecular weight excluding hydrogens is 324 g/mol. The van der Waals surface area contributed by atoms with Crippen molar-refractivity contribution in [1.29, 1.82) is 0 Å². The third-order valence-electron chi connectivity index (χ3n) is 3.86. The van der Waals surface area contributed by atoms with E-state index in [1.165, 1.54) is 6.08 Å². The highest BCUT2D eigenvalue weighted by molar-refractivity contribution is 6.06. The normalized spacial score (nSPS) is 10.7. The molecule has 0 aliphatic carbocycles. The average molecular weight is 342 g/mol. The predicted octanol–water partition coefficient (Wildman–Crippen LogP) is 5.11. The summed E-state index contributed by atoms with van der Waals surface area (Å²) in [5, 5.41) is 0. The first-order chi connectivity index (χ1) is 12.6. The first-order valence-corrected chi connectivity index (χ1v) is 8.28. The van der Waals surface area contributed by atoms with Crippen molar-refractivity contribution in [3.63, 3.8) is 0 Å². The van der Waals surface area contributed by atoms with Gasteiger partial charge in [0.2, 0.25) is 0 Å². The molecule has 3 heteroatoms. The SMILES string of the molecule is Cc1ccc(C(=O)C=Cc2ccc(OC(=O)c3ccccc3)cc2)cc1. The third kappa shape index (κ3) is 4.54. The molecule has 26 heavy (non-hydrogen) atoms. The number of hydrogen-bond donors (Lipinski definition) is 0. The zero-order chi connectivity index (χ0) is 18.4. The largest absolute Gasteiger partial charge is 0.423 e. The maximum Gasteiger partial charge on any atom is 0.343 e. The van der Waals surface area contributed by atoms with Gasteiger partial charge in [0.15, 0.2) is 5.78 Å². The fourth-order valence-electron chi connectivity index (χ4n) is 2.37. The Hall–Kier alpha value is -3.46. The second kappa shape index (κ2) is 8.08. The molecule has 0 bridgehead atoms. The van der Waals surface area contributed by atoms with Crippen LogP contribution in [0.1, 0.15) is 31.8 Å². The van der Waals surface area contributed by atoms with Gasteiger partial charge < -0.3 is 4.74 Å². The zero-order valence-electron chi connectivity index (χ0n) is 14.4. The van der Waals surface area contributed by atoms with E-state index in [0.717, 1.165) is 11.1 Å². The van der Waals surface area contributed by atoms with E-state index in [4.69, 9.17) is 4.74 Å². The van der Waals surface area contributed by atoms with Gasteiger partial charge in [-0.3, -0.25) is 4.79 Å². The van der Waals surface area contributed by atoms with Crippen LogP contribution in [-0.4, -0.2) is 11.8 Å². The summed E-state index contributed by atoms with van der Waals surface area (Å²) in [4.78, 5) is 24.2. The third-order valence-corrected chi connectivity index (χ3v) is 3.86. The highest BCUT2D eigenvalue weighted by atomic mass is 16.5. The molecule has 3 rings (SSSR count). The van der Waals surface area contributed by atoms with Gasteiger partial charge in [-0.2, -0.15) is 0 Å². The molecule has 3 nitrogen and oxygen atoms in total. The van der Waals surface area contributed by atoms with Gasteiger partial charge in [-0.05, 0) is 42.8 Å². The van der Waals surface area contributed by atoms with Crippen molar-refractivity contribution in [3.8, 4) is 5.75 Å². The molecule has 128 valence electrons. The number of hydrogen-bond acceptors (Lipinski definition) is 3. The van der Waals surface area contributed by atoms with E-state index in [9.17, 15) is 9.59 Å². The quantitative estimate of drug-likeness (QED) is 0.280. The number of ketones is 1. The van der Waals surface area contributed by atoms with Crippen LogP contribution in [0.15, 0.2) is 84.9 Å². The van der Waals surface area contributed by atoms with E-state index in [2.05, 4.69) is 0 Å². The number of carbonyl (C=O) groups excluding carboxylic acids is 2. The van der Waals surface area contributed by atoms with Gasteiger partial charge in [-0.25, -0.2) is 4.79 Å². The summed E-state index contributed by atoms with van der Waals surface area (Å²) in [6, 6.07) is 23.3. The Morgan fingerprint density at radius 1 is 0.769 bits per heavy atom. The molecule has 0 heterocycles. The Morgan fingerprint density at radius 2 is 1.42 bits per heavy atom. The summed E-state index contributed by atoms with van der Waals surface area (Å²) < 4.78 is 5.33. The van der Waals surface area contributed by atoms with Crippen molar-refractivity contribution in [2.45, 2.75) is 6.92 Å². The molecule has 0 aromatic heterocycles. The molecule has 0 unspecified atom stereocenters. The van der Waals surface area contributed by atoms with Gasteiger partial charge in [0.1, 0.15) is 5.75 Å². The van der Waals surface area contributed by atoms with Gasteiger partial charge in [-0.1, -0.05) is 66.2 Å². The van der Waals surface area contributed by atoms with Crippen LogP contribution in [-0.2, 0) is 0 Å². The number of esters is 1. The van der Waals surface area contributed by atoms with E-state index in [1.54, 1.807) is 54.6 Å². The highest BCUT2D eigenvalue weighted by Crippen LogP contribution is 2.15. The van der Waals surface area contributed by atoms with Crippen molar-refractivity contribution in [2.24, 2.45) is 0 Å². The lowest BCUT2D eigenvalue weighted by Crippen LogP contribution is -2.07. The van der Waals surface area contributed by atoms with E-state index in [1.807, 2.05) is 37.3 Å². The minimum Gasteiger partial charge on any atom is -0.423 e. The lowest BCUT2D eigenvalue weighted by Gasteiger charge is -2.04. The van der Waals surface area contributed by atoms with Gasteiger partial charge >= 0.3 is 5.97 Å². The van der Waals surface area contributed by atoms with E-state index in [-0.39, 0.29) is 5.78 Å². The number of allylic oxidation sites excluding steroid dienone is 1. The highest BCUT2D eigenvalue weighted by Gasteiger charge is 2.07. The molecule has 0 N–H and O–H groups in total. The average Bonchev–Trinajstić information content (AvgIpc) is 2.68. The van der Waals surface area contributed by atoms with Crippen LogP contribution >= 0.6 is 0 Å². The molecule has 0 saturated carbocycles. The summed E-state index contributed by atoms with van der Waals surface area (Å²) in [5.41, 5.74) is 3.12. The molecule has 0 radical (unpaired) electrons. The molecule has 0 spiro atoms. The molecule has 0 fully saturated rings. The maximum absolute atomic E-state index is 12.1. The smallest absolute Gasteiger partial charge is 0.343 e. The molecule has 0 amide bonds. The van der Waals surface area contributed by atoms with E-state index < -0.39 is 5.97 Å². The van der Waals surface area contributed by atoms with Crippen LogP contribution in [0.25, 0.3) is 6.08 Å². The van der Waals surface area contributed by atoms with Crippen LogP contribution in [0.3, 0.4) is 0 Å². The van der Waals surface area contributed by atoms with Gasteiger partial charge in [0.05, 0.1) is 5.56 Å². The Kier molecular flexibility index (Phi) is 5.40. The summed E-state index contributed by atoms with van der Waals surface area (Å²) in [7, 11) is 0. The van der Waals surface area contributed by atoms with Crippen molar-refractivity contribution in [2.75, 3.05) is 0 Å². The fourth-order valence-corrected chi connectivity index (χ4v) is 2.37. The Labute approximate surface area is 152 Å². The summed E-state index contributed by atoms with van der Waals surface area (Å²) in [6.45, 7) is 1.98. The molecule has 0 atom stereocenters. The number of rotatable bonds is 5. The topological polar surface area (TPSA) is 43.4 Å². The summed E-state index contributed by atoms with van der Waals surface area (Å²) in [5.74, 6) is 0.00823. The Morgan fingerprint density at radius 3 is 2.08 bits per heavy atom. The number of aryl methyl sites for hydroxylation is 1. The molecule has 0 aliphatic heterocycles. The minimum absolute atomic E-state index is 0.0513. The first kappa shape index (κ1) is 17.4. The minimum atomic E-state index is -0.400. The van der Waals surface area contributed by atoms with E-state index >= 15 is 0 Å². The van der Waals surface area contributed by atoms with Crippen molar-refractivity contribution in [3.05, 3.63) is 107 Å².